The van der Waals surface area contributed by atoms with Crippen LogP contribution < -0.4 is 4.74 Å². The van der Waals surface area contributed by atoms with Gasteiger partial charge in [-0.15, -0.1) is 0 Å². The highest BCUT2D eigenvalue weighted by Crippen LogP contribution is 2.07. The molecule has 0 fully saturated rings. The Morgan fingerprint density at radius 2 is 0.692 bits per heavy atom. The molecular formula is C30H54O9. The summed E-state index contributed by atoms with van der Waals surface area (Å²) in [5.74, 6) is 0.851. The maximum atomic E-state index is 5.58. The minimum atomic E-state index is 0.525. The van der Waals surface area contributed by atoms with E-state index in [0.29, 0.717) is 106 Å². The molecular weight excluding hydrogens is 504 g/mol. The summed E-state index contributed by atoms with van der Waals surface area (Å²) in [5.41, 5.74) is 0. The molecule has 0 N–H and O–H groups in total. The molecule has 0 heterocycles. The van der Waals surface area contributed by atoms with Gasteiger partial charge in [0.25, 0.3) is 0 Å². The highest BCUT2D eigenvalue weighted by molar-refractivity contribution is 5.20. The van der Waals surface area contributed by atoms with E-state index in [0.717, 1.165) is 18.8 Å². The van der Waals surface area contributed by atoms with Crippen molar-refractivity contribution in [3.8, 4) is 5.75 Å². The maximum absolute atomic E-state index is 5.58. The Bertz CT molecular complexity index is 577. The Morgan fingerprint density at radius 3 is 1.10 bits per heavy atom. The molecule has 1 rings (SSSR count). The van der Waals surface area contributed by atoms with E-state index in [1.54, 1.807) is 0 Å². The molecule has 0 radical (unpaired) electrons. The molecule has 39 heavy (non-hydrogen) atoms. The number of hydrogen-bond acceptors (Lipinski definition) is 9. The van der Waals surface area contributed by atoms with Crippen molar-refractivity contribution in [1.82, 2.24) is 0 Å². The van der Waals surface area contributed by atoms with Crippen LogP contribution in [0.5, 0.6) is 5.75 Å². The lowest BCUT2D eigenvalue weighted by Crippen LogP contribution is -2.15. The largest absolute Gasteiger partial charge is 0.491 e. The van der Waals surface area contributed by atoms with Gasteiger partial charge < -0.3 is 42.6 Å². The number of hydrogen-bond donors (Lipinski definition) is 0. The van der Waals surface area contributed by atoms with Gasteiger partial charge in [0, 0.05) is 6.61 Å². The van der Waals surface area contributed by atoms with Crippen LogP contribution >= 0.6 is 0 Å². The molecule has 0 saturated heterocycles. The summed E-state index contributed by atoms with van der Waals surface area (Å²) in [7, 11) is 0. The lowest BCUT2D eigenvalue weighted by molar-refractivity contribution is -0.0236. The van der Waals surface area contributed by atoms with Gasteiger partial charge in [-0.25, -0.2) is 0 Å². The van der Waals surface area contributed by atoms with Crippen LogP contribution in [0, 0.1) is 0 Å². The molecule has 0 aliphatic carbocycles. The molecule has 1 aromatic carbocycles. The standard InChI is InChI=1S/C30H54O9/c1-2-3-4-5-6-10-13-31-14-15-32-16-17-33-18-19-34-20-21-35-22-23-36-24-25-37-26-27-38-28-29-39-30-11-8-7-9-12-30/h7-9,11-12H,2-6,10,13-29H2,1H3. The van der Waals surface area contributed by atoms with Crippen LogP contribution in [0.25, 0.3) is 0 Å². The van der Waals surface area contributed by atoms with Gasteiger partial charge in [0.1, 0.15) is 12.4 Å². The molecule has 0 atom stereocenters. The van der Waals surface area contributed by atoms with Crippen LogP contribution in [0.3, 0.4) is 0 Å². The van der Waals surface area contributed by atoms with Crippen LogP contribution in [-0.4, -0.2) is 112 Å². The van der Waals surface area contributed by atoms with E-state index in [1.807, 2.05) is 30.3 Å². The zero-order valence-electron chi connectivity index (χ0n) is 24.3. The summed E-state index contributed by atoms with van der Waals surface area (Å²) in [5, 5.41) is 0. The van der Waals surface area contributed by atoms with E-state index < -0.39 is 0 Å². The molecule has 0 aliphatic rings. The van der Waals surface area contributed by atoms with Gasteiger partial charge >= 0.3 is 0 Å². The summed E-state index contributed by atoms with van der Waals surface area (Å²) in [6, 6.07) is 9.70. The van der Waals surface area contributed by atoms with E-state index >= 15 is 0 Å². The summed E-state index contributed by atoms with van der Waals surface area (Å²) < 4.78 is 49.5. The molecule has 1 aromatic rings. The molecule has 228 valence electrons. The van der Waals surface area contributed by atoms with E-state index in [-0.39, 0.29) is 0 Å². The highest BCUT2D eigenvalue weighted by atomic mass is 16.6. The second-order valence-corrected chi connectivity index (χ2v) is 8.83. The summed E-state index contributed by atoms with van der Waals surface area (Å²) in [6.07, 6.45) is 7.71. The summed E-state index contributed by atoms with van der Waals surface area (Å²) in [6.45, 7) is 11.9. The third kappa shape index (κ3) is 28.0. The van der Waals surface area contributed by atoms with Gasteiger partial charge in [-0.1, -0.05) is 57.2 Å². The van der Waals surface area contributed by atoms with Crippen LogP contribution in [-0.2, 0) is 37.9 Å². The Morgan fingerprint density at radius 1 is 0.359 bits per heavy atom. The highest BCUT2D eigenvalue weighted by Gasteiger charge is 1.96. The zero-order valence-corrected chi connectivity index (χ0v) is 24.3. The molecule has 0 aromatic heterocycles. The average Bonchev–Trinajstić information content (AvgIpc) is 2.96. The van der Waals surface area contributed by atoms with Crippen LogP contribution in [0.4, 0.5) is 0 Å². The second kappa shape index (κ2) is 31.2. The van der Waals surface area contributed by atoms with Gasteiger partial charge in [0.05, 0.1) is 99.1 Å². The predicted octanol–water partition coefficient (Wildman–Crippen LogP) is 4.56. The van der Waals surface area contributed by atoms with Crippen molar-refractivity contribution in [2.24, 2.45) is 0 Å². The number of benzene rings is 1. The Kier molecular flexibility index (Phi) is 28.6. The SMILES string of the molecule is CCCCCCCCOCCOCCOCCOCCOCCOCCOCCOCCOc1ccccc1. The van der Waals surface area contributed by atoms with Crippen molar-refractivity contribution in [2.75, 3.05) is 112 Å². The Balaban J connectivity index is 1.62. The van der Waals surface area contributed by atoms with Gasteiger partial charge in [-0.05, 0) is 18.6 Å². The zero-order chi connectivity index (χ0) is 27.7. The number of rotatable bonds is 32. The second-order valence-electron chi connectivity index (χ2n) is 8.83. The van der Waals surface area contributed by atoms with Gasteiger partial charge in [-0.3, -0.25) is 0 Å². The lowest BCUT2D eigenvalue weighted by atomic mass is 10.1. The molecule has 0 bridgehead atoms. The molecule has 9 nitrogen and oxygen atoms in total. The maximum Gasteiger partial charge on any atom is 0.119 e. The first-order valence-corrected chi connectivity index (χ1v) is 14.7. The van der Waals surface area contributed by atoms with Crippen molar-refractivity contribution < 1.29 is 42.6 Å². The van der Waals surface area contributed by atoms with E-state index in [9.17, 15) is 0 Å². The van der Waals surface area contributed by atoms with Crippen molar-refractivity contribution in [3.63, 3.8) is 0 Å². The molecule has 0 spiro atoms. The normalized spacial score (nSPS) is 11.3. The average molecular weight is 559 g/mol. The number of ether oxygens (including phenoxy) is 9. The minimum absolute atomic E-state index is 0.525. The first-order chi connectivity index (χ1) is 19.4. The molecule has 9 heteroatoms. The molecule has 0 saturated carbocycles. The molecule has 0 aliphatic heterocycles. The van der Waals surface area contributed by atoms with Gasteiger partial charge in [0.15, 0.2) is 0 Å². The van der Waals surface area contributed by atoms with Gasteiger partial charge in [0.2, 0.25) is 0 Å². The predicted molar refractivity (Wildman–Crippen MR) is 152 cm³/mol. The Hall–Kier alpha value is -1.30. The third-order valence-electron chi connectivity index (χ3n) is 5.49. The summed E-state index contributed by atoms with van der Waals surface area (Å²) >= 11 is 0. The number of para-hydroxylation sites is 1. The van der Waals surface area contributed by atoms with Crippen LogP contribution in [0.15, 0.2) is 30.3 Å². The van der Waals surface area contributed by atoms with E-state index in [1.165, 1.54) is 32.1 Å². The van der Waals surface area contributed by atoms with Crippen LogP contribution in [0.2, 0.25) is 0 Å². The van der Waals surface area contributed by atoms with Crippen molar-refractivity contribution >= 4 is 0 Å². The Labute approximate surface area is 236 Å². The fraction of sp³-hybridized carbons (Fsp3) is 0.800. The first kappa shape index (κ1) is 35.7. The fourth-order valence-electron chi connectivity index (χ4n) is 3.36. The van der Waals surface area contributed by atoms with Gasteiger partial charge in [-0.2, -0.15) is 0 Å². The molecule has 0 unspecified atom stereocenters. The summed E-state index contributed by atoms with van der Waals surface area (Å²) in [4.78, 5) is 0. The minimum Gasteiger partial charge on any atom is -0.491 e. The van der Waals surface area contributed by atoms with E-state index in [4.69, 9.17) is 42.6 Å². The van der Waals surface area contributed by atoms with E-state index in [2.05, 4.69) is 6.92 Å². The van der Waals surface area contributed by atoms with Crippen LogP contribution in [0.1, 0.15) is 45.4 Å². The van der Waals surface area contributed by atoms with Crippen molar-refractivity contribution in [1.29, 1.82) is 0 Å². The smallest absolute Gasteiger partial charge is 0.119 e. The first-order valence-electron chi connectivity index (χ1n) is 14.7. The number of unbranched alkanes of at least 4 members (excludes halogenated alkanes) is 5. The fourth-order valence-corrected chi connectivity index (χ4v) is 3.36. The third-order valence-corrected chi connectivity index (χ3v) is 5.49. The van der Waals surface area contributed by atoms with Crippen molar-refractivity contribution in [3.05, 3.63) is 30.3 Å². The van der Waals surface area contributed by atoms with Crippen molar-refractivity contribution in [2.45, 2.75) is 45.4 Å². The molecule has 0 amide bonds. The quantitative estimate of drug-likeness (QED) is 0.118. The topological polar surface area (TPSA) is 83.1 Å². The monoisotopic (exact) mass is 558 g/mol. The lowest BCUT2D eigenvalue weighted by Gasteiger charge is -2.09.